The van der Waals surface area contributed by atoms with Gasteiger partial charge in [-0.25, -0.2) is 4.99 Å². The maximum atomic E-state index is 5.97. The predicted octanol–water partition coefficient (Wildman–Crippen LogP) is 4.16. The first kappa shape index (κ1) is 23.1. The van der Waals surface area contributed by atoms with Crippen molar-refractivity contribution in [2.75, 3.05) is 26.8 Å². The zero-order valence-electron chi connectivity index (χ0n) is 17.2. The standard InChI is InChI=1S/C22H29N3O3.HI/c1-4-23-22(25-20-12-13-27-21-11-6-5-10-19(20)21)24-15-16(2)28-18-9-7-8-17(14-18)26-3;/h5-11,14,16,20H,4,12-13,15H2,1-3H3,(H2,23,24,25);1H. The minimum absolute atomic E-state index is 0. The highest BCUT2D eigenvalue weighted by Gasteiger charge is 2.21. The third-order valence-corrected chi connectivity index (χ3v) is 4.50. The van der Waals surface area contributed by atoms with Crippen LogP contribution >= 0.6 is 24.0 Å². The molecular weight excluding hydrogens is 481 g/mol. The van der Waals surface area contributed by atoms with Gasteiger partial charge in [0.2, 0.25) is 0 Å². The van der Waals surface area contributed by atoms with Crippen LogP contribution in [0.25, 0.3) is 0 Å². The van der Waals surface area contributed by atoms with Crippen LogP contribution < -0.4 is 24.8 Å². The molecule has 29 heavy (non-hydrogen) atoms. The van der Waals surface area contributed by atoms with Crippen molar-refractivity contribution in [3.63, 3.8) is 0 Å². The van der Waals surface area contributed by atoms with Crippen molar-refractivity contribution in [3.8, 4) is 17.2 Å². The lowest BCUT2D eigenvalue weighted by Crippen LogP contribution is -2.41. The van der Waals surface area contributed by atoms with Gasteiger partial charge in [0.25, 0.3) is 0 Å². The van der Waals surface area contributed by atoms with Crippen LogP contribution in [-0.4, -0.2) is 38.9 Å². The predicted molar refractivity (Wildman–Crippen MR) is 127 cm³/mol. The van der Waals surface area contributed by atoms with Gasteiger partial charge >= 0.3 is 0 Å². The molecule has 2 unspecified atom stereocenters. The molecule has 0 fully saturated rings. The van der Waals surface area contributed by atoms with E-state index in [-0.39, 0.29) is 36.1 Å². The number of nitrogens with zero attached hydrogens (tertiary/aromatic N) is 1. The second-order valence-electron chi connectivity index (χ2n) is 6.70. The van der Waals surface area contributed by atoms with Crippen LogP contribution in [0.3, 0.4) is 0 Å². The van der Waals surface area contributed by atoms with Crippen molar-refractivity contribution in [3.05, 3.63) is 54.1 Å². The van der Waals surface area contributed by atoms with Crippen LogP contribution in [0.1, 0.15) is 31.9 Å². The molecule has 0 saturated heterocycles. The summed E-state index contributed by atoms with van der Waals surface area (Å²) in [6.45, 7) is 6.10. The molecule has 0 bridgehead atoms. The first-order valence-corrected chi connectivity index (χ1v) is 9.77. The maximum Gasteiger partial charge on any atom is 0.191 e. The van der Waals surface area contributed by atoms with E-state index in [1.54, 1.807) is 7.11 Å². The molecule has 2 aromatic rings. The van der Waals surface area contributed by atoms with Crippen molar-refractivity contribution in [2.45, 2.75) is 32.4 Å². The summed E-state index contributed by atoms with van der Waals surface area (Å²) in [5, 5.41) is 6.85. The average Bonchev–Trinajstić information content (AvgIpc) is 2.72. The first-order valence-electron chi connectivity index (χ1n) is 9.77. The quantitative estimate of drug-likeness (QED) is 0.332. The molecule has 6 nitrogen and oxygen atoms in total. The molecule has 0 spiro atoms. The Bertz CT molecular complexity index is 800. The number of guanidine groups is 1. The smallest absolute Gasteiger partial charge is 0.191 e. The summed E-state index contributed by atoms with van der Waals surface area (Å²) in [6, 6.07) is 15.9. The monoisotopic (exact) mass is 511 g/mol. The van der Waals surface area contributed by atoms with Gasteiger partial charge in [0.1, 0.15) is 23.4 Å². The number of para-hydroxylation sites is 1. The Morgan fingerprint density at radius 1 is 1.21 bits per heavy atom. The highest BCUT2D eigenvalue weighted by atomic mass is 127. The van der Waals surface area contributed by atoms with E-state index >= 15 is 0 Å². The normalized spacial score (nSPS) is 16.5. The summed E-state index contributed by atoms with van der Waals surface area (Å²) in [5.41, 5.74) is 1.17. The number of benzene rings is 2. The van der Waals surface area contributed by atoms with Crippen molar-refractivity contribution in [2.24, 2.45) is 4.99 Å². The number of fused-ring (bicyclic) bond motifs is 1. The van der Waals surface area contributed by atoms with Gasteiger partial charge in [-0.1, -0.05) is 24.3 Å². The summed E-state index contributed by atoms with van der Waals surface area (Å²) < 4.78 is 17.0. The molecule has 0 saturated carbocycles. The summed E-state index contributed by atoms with van der Waals surface area (Å²) in [5.74, 6) is 3.28. The number of methoxy groups -OCH3 is 1. The fourth-order valence-electron chi connectivity index (χ4n) is 3.14. The highest BCUT2D eigenvalue weighted by Crippen LogP contribution is 2.31. The lowest BCUT2D eigenvalue weighted by atomic mass is 10.0. The van der Waals surface area contributed by atoms with E-state index in [1.807, 2.05) is 49.4 Å². The van der Waals surface area contributed by atoms with Gasteiger partial charge in [-0.3, -0.25) is 0 Å². The number of hydrogen-bond acceptors (Lipinski definition) is 4. The molecule has 3 rings (SSSR count). The zero-order chi connectivity index (χ0) is 19.8. The second kappa shape index (κ2) is 11.7. The number of halogens is 1. The van der Waals surface area contributed by atoms with E-state index in [1.165, 1.54) is 5.56 Å². The third-order valence-electron chi connectivity index (χ3n) is 4.50. The van der Waals surface area contributed by atoms with Gasteiger partial charge in [0.05, 0.1) is 26.3 Å². The van der Waals surface area contributed by atoms with Gasteiger partial charge in [-0.2, -0.15) is 0 Å². The number of ether oxygens (including phenoxy) is 3. The molecule has 0 radical (unpaired) electrons. The fraction of sp³-hybridized carbons (Fsp3) is 0.409. The zero-order valence-corrected chi connectivity index (χ0v) is 19.5. The highest BCUT2D eigenvalue weighted by molar-refractivity contribution is 14.0. The van der Waals surface area contributed by atoms with E-state index < -0.39 is 0 Å². The Kier molecular flexibility index (Phi) is 9.37. The van der Waals surface area contributed by atoms with Crippen LogP contribution in [0.2, 0.25) is 0 Å². The van der Waals surface area contributed by atoms with E-state index in [0.29, 0.717) is 13.2 Å². The van der Waals surface area contributed by atoms with Gasteiger partial charge in [0.15, 0.2) is 5.96 Å². The molecule has 2 N–H and O–H groups in total. The van der Waals surface area contributed by atoms with Gasteiger partial charge < -0.3 is 24.8 Å². The molecule has 0 amide bonds. The van der Waals surface area contributed by atoms with E-state index in [2.05, 4.69) is 23.6 Å². The van der Waals surface area contributed by atoms with Gasteiger partial charge in [-0.05, 0) is 32.0 Å². The number of hydrogen-bond donors (Lipinski definition) is 2. The Balaban J connectivity index is 0.00000300. The number of rotatable bonds is 7. The van der Waals surface area contributed by atoms with Crippen molar-refractivity contribution >= 4 is 29.9 Å². The third kappa shape index (κ3) is 6.69. The lowest BCUT2D eigenvalue weighted by molar-refractivity contribution is 0.229. The molecular formula is C22H30IN3O3. The Hall–Kier alpha value is -2.16. The van der Waals surface area contributed by atoms with Crippen molar-refractivity contribution in [1.29, 1.82) is 0 Å². The van der Waals surface area contributed by atoms with Crippen LogP contribution in [0.15, 0.2) is 53.5 Å². The number of nitrogens with one attached hydrogen (secondary N) is 2. The average molecular weight is 511 g/mol. The summed E-state index contributed by atoms with van der Waals surface area (Å²) >= 11 is 0. The molecule has 1 aliphatic heterocycles. The van der Waals surface area contributed by atoms with E-state index in [0.717, 1.165) is 36.2 Å². The lowest BCUT2D eigenvalue weighted by Gasteiger charge is -2.28. The van der Waals surface area contributed by atoms with Crippen molar-refractivity contribution in [1.82, 2.24) is 10.6 Å². The Morgan fingerprint density at radius 3 is 2.79 bits per heavy atom. The topological polar surface area (TPSA) is 64.1 Å². The van der Waals surface area contributed by atoms with Crippen LogP contribution in [0.5, 0.6) is 17.2 Å². The first-order chi connectivity index (χ1) is 13.7. The molecule has 0 aromatic heterocycles. The SMILES string of the molecule is CCNC(=NCC(C)Oc1cccc(OC)c1)NC1CCOc2ccccc21.I. The van der Waals surface area contributed by atoms with Crippen LogP contribution in [-0.2, 0) is 0 Å². The van der Waals surface area contributed by atoms with Crippen LogP contribution in [0, 0.1) is 0 Å². The minimum Gasteiger partial charge on any atom is -0.497 e. The summed E-state index contributed by atoms with van der Waals surface area (Å²) in [4.78, 5) is 4.72. The summed E-state index contributed by atoms with van der Waals surface area (Å²) in [6.07, 6.45) is 0.835. The molecule has 158 valence electrons. The molecule has 1 heterocycles. The largest absolute Gasteiger partial charge is 0.497 e. The maximum absolute atomic E-state index is 5.97. The molecule has 0 aliphatic carbocycles. The molecule has 2 aromatic carbocycles. The Morgan fingerprint density at radius 2 is 2.00 bits per heavy atom. The molecule has 1 aliphatic rings. The number of aliphatic imine (C=N–C) groups is 1. The van der Waals surface area contributed by atoms with E-state index in [9.17, 15) is 0 Å². The minimum atomic E-state index is -0.0652. The fourth-order valence-corrected chi connectivity index (χ4v) is 3.14. The Labute approximate surface area is 190 Å². The van der Waals surface area contributed by atoms with Crippen LogP contribution in [0.4, 0.5) is 0 Å². The van der Waals surface area contributed by atoms with Gasteiger partial charge in [0, 0.05) is 24.6 Å². The van der Waals surface area contributed by atoms with Crippen molar-refractivity contribution < 1.29 is 14.2 Å². The molecule has 2 atom stereocenters. The van der Waals surface area contributed by atoms with E-state index in [4.69, 9.17) is 19.2 Å². The molecule has 7 heteroatoms. The summed E-state index contributed by atoms with van der Waals surface area (Å²) in [7, 11) is 1.65. The second-order valence-corrected chi connectivity index (χ2v) is 6.70. The van der Waals surface area contributed by atoms with Gasteiger partial charge in [-0.15, -0.1) is 24.0 Å².